The lowest BCUT2D eigenvalue weighted by Crippen LogP contribution is -2.33. The number of hydrogen-bond donors (Lipinski definition) is 1. The van der Waals surface area contributed by atoms with Gasteiger partial charge in [-0.1, -0.05) is 24.6 Å². The highest BCUT2D eigenvalue weighted by molar-refractivity contribution is 5.94. The Hall–Kier alpha value is -1.61. The first-order valence-corrected chi connectivity index (χ1v) is 9.00. The SMILES string of the molecule is C=CCCCc1ccc(C(=O)NCCCN2CCCCC2)cc1. The lowest BCUT2D eigenvalue weighted by molar-refractivity contribution is 0.0951. The van der Waals surface area contributed by atoms with Crippen LogP contribution in [-0.4, -0.2) is 37.0 Å². The number of likely N-dealkylation sites (tertiary alicyclic amines) is 1. The van der Waals surface area contributed by atoms with Gasteiger partial charge in [-0.2, -0.15) is 0 Å². The molecule has 3 nitrogen and oxygen atoms in total. The Morgan fingerprint density at radius 2 is 1.87 bits per heavy atom. The summed E-state index contributed by atoms with van der Waals surface area (Å²) in [7, 11) is 0. The molecule has 1 fully saturated rings. The number of allylic oxidation sites excluding steroid dienone is 1. The Balaban J connectivity index is 1.65. The lowest BCUT2D eigenvalue weighted by atomic mass is 10.1. The molecule has 1 aliphatic heterocycles. The normalized spacial score (nSPS) is 15.3. The molecule has 23 heavy (non-hydrogen) atoms. The molecule has 0 spiro atoms. The number of unbranched alkanes of at least 4 members (excludes halogenated alkanes) is 1. The van der Waals surface area contributed by atoms with E-state index in [0.717, 1.165) is 44.3 Å². The average molecular weight is 314 g/mol. The molecule has 0 saturated carbocycles. The van der Waals surface area contributed by atoms with E-state index in [4.69, 9.17) is 0 Å². The number of carbonyl (C=O) groups excluding carboxylic acids is 1. The van der Waals surface area contributed by atoms with Crippen LogP contribution in [0.3, 0.4) is 0 Å². The van der Waals surface area contributed by atoms with Crippen molar-refractivity contribution in [1.29, 1.82) is 0 Å². The molecule has 0 aromatic heterocycles. The van der Waals surface area contributed by atoms with Gasteiger partial charge >= 0.3 is 0 Å². The van der Waals surface area contributed by atoms with E-state index in [-0.39, 0.29) is 5.91 Å². The molecular weight excluding hydrogens is 284 g/mol. The van der Waals surface area contributed by atoms with Crippen molar-refractivity contribution in [3.05, 3.63) is 48.0 Å². The Morgan fingerprint density at radius 1 is 1.13 bits per heavy atom. The number of amides is 1. The van der Waals surface area contributed by atoms with Crippen LogP contribution < -0.4 is 5.32 Å². The van der Waals surface area contributed by atoms with Crippen LogP contribution in [-0.2, 0) is 6.42 Å². The zero-order chi connectivity index (χ0) is 16.3. The molecule has 0 bridgehead atoms. The zero-order valence-corrected chi connectivity index (χ0v) is 14.2. The van der Waals surface area contributed by atoms with Gasteiger partial charge in [0.25, 0.3) is 5.91 Å². The molecule has 2 rings (SSSR count). The van der Waals surface area contributed by atoms with Crippen LogP contribution in [0.2, 0.25) is 0 Å². The predicted octanol–water partition coefficient (Wildman–Crippen LogP) is 3.80. The highest BCUT2D eigenvalue weighted by atomic mass is 16.1. The van der Waals surface area contributed by atoms with Crippen LogP contribution in [0.1, 0.15) is 54.4 Å². The van der Waals surface area contributed by atoms with Crippen molar-refractivity contribution in [2.45, 2.75) is 44.9 Å². The van der Waals surface area contributed by atoms with E-state index in [1.54, 1.807) is 0 Å². The summed E-state index contributed by atoms with van der Waals surface area (Å²) in [6.07, 6.45) is 10.2. The first-order valence-electron chi connectivity index (χ1n) is 9.00. The van der Waals surface area contributed by atoms with Crippen molar-refractivity contribution in [2.75, 3.05) is 26.2 Å². The fourth-order valence-electron chi connectivity index (χ4n) is 3.06. The zero-order valence-electron chi connectivity index (χ0n) is 14.2. The van der Waals surface area contributed by atoms with Gasteiger partial charge in [-0.05, 0) is 75.9 Å². The number of hydrogen-bond acceptors (Lipinski definition) is 2. The Bertz CT molecular complexity index is 475. The van der Waals surface area contributed by atoms with Crippen molar-refractivity contribution in [2.24, 2.45) is 0 Å². The van der Waals surface area contributed by atoms with Gasteiger partial charge in [0.15, 0.2) is 0 Å². The van der Waals surface area contributed by atoms with E-state index in [0.29, 0.717) is 0 Å². The van der Waals surface area contributed by atoms with Crippen molar-refractivity contribution in [3.8, 4) is 0 Å². The quantitative estimate of drug-likeness (QED) is 0.555. The average Bonchev–Trinajstić information content (AvgIpc) is 2.60. The number of nitrogens with one attached hydrogen (secondary N) is 1. The summed E-state index contributed by atoms with van der Waals surface area (Å²) in [5.41, 5.74) is 2.05. The van der Waals surface area contributed by atoms with E-state index in [2.05, 4.69) is 28.9 Å². The molecule has 3 heteroatoms. The van der Waals surface area contributed by atoms with E-state index in [9.17, 15) is 4.79 Å². The second-order valence-corrected chi connectivity index (χ2v) is 6.39. The van der Waals surface area contributed by atoms with Crippen LogP contribution in [0.15, 0.2) is 36.9 Å². The summed E-state index contributed by atoms with van der Waals surface area (Å²) in [5.74, 6) is 0.0429. The number of piperidine rings is 1. The molecule has 1 aromatic carbocycles. The van der Waals surface area contributed by atoms with Crippen LogP contribution in [0.25, 0.3) is 0 Å². The second-order valence-electron chi connectivity index (χ2n) is 6.39. The topological polar surface area (TPSA) is 32.3 Å². The van der Waals surface area contributed by atoms with Crippen molar-refractivity contribution in [1.82, 2.24) is 10.2 Å². The lowest BCUT2D eigenvalue weighted by Gasteiger charge is -2.26. The number of aryl methyl sites for hydroxylation is 1. The summed E-state index contributed by atoms with van der Waals surface area (Å²) in [6, 6.07) is 7.99. The van der Waals surface area contributed by atoms with E-state index in [1.165, 1.54) is 37.9 Å². The summed E-state index contributed by atoms with van der Waals surface area (Å²) in [5, 5.41) is 3.03. The minimum absolute atomic E-state index is 0.0429. The molecule has 1 aromatic rings. The van der Waals surface area contributed by atoms with Gasteiger partial charge in [0.1, 0.15) is 0 Å². The number of benzene rings is 1. The van der Waals surface area contributed by atoms with Gasteiger partial charge in [0.05, 0.1) is 0 Å². The summed E-state index contributed by atoms with van der Waals surface area (Å²) in [6.45, 7) is 8.05. The monoisotopic (exact) mass is 314 g/mol. The van der Waals surface area contributed by atoms with Gasteiger partial charge < -0.3 is 10.2 Å². The largest absolute Gasteiger partial charge is 0.352 e. The van der Waals surface area contributed by atoms with E-state index < -0.39 is 0 Å². The van der Waals surface area contributed by atoms with Gasteiger partial charge in [-0.15, -0.1) is 6.58 Å². The molecule has 1 aliphatic rings. The molecule has 0 aliphatic carbocycles. The summed E-state index contributed by atoms with van der Waals surface area (Å²) in [4.78, 5) is 14.6. The minimum atomic E-state index is 0.0429. The van der Waals surface area contributed by atoms with Crippen LogP contribution >= 0.6 is 0 Å². The van der Waals surface area contributed by atoms with E-state index >= 15 is 0 Å². The van der Waals surface area contributed by atoms with Crippen LogP contribution in [0.5, 0.6) is 0 Å². The number of carbonyl (C=O) groups is 1. The van der Waals surface area contributed by atoms with E-state index in [1.807, 2.05) is 18.2 Å². The minimum Gasteiger partial charge on any atom is -0.352 e. The van der Waals surface area contributed by atoms with Crippen molar-refractivity contribution >= 4 is 5.91 Å². The molecule has 0 unspecified atom stereocenters. The highest BCUT2D eigenvalue weighted by Crippen LogP contribution is 2.09. The molecule has 126 valence electrons. The third kappa shape index (κ3) is 6.57. The highest BCUT2D eigenvalue weighted by Gasteiger charge is 2.09. The van der Waals surface area contributed by atoms with Gasteiger partial charge in [0, 0.05) is 12.1 Å². The number of nitrogens with zero attached hydrogens (tertiary/aromatic N) is 1. The molecule has 1 heterocycles. The molecule has 1 N–H and O–H groups in total. The molecule has 0 radical (unpaired) electrons. The Morgan fingerprint density at radius 3 is 2.57 bits per heavy atom. The maximum atomic E-state index is 12.1. The molecule has 1 amide bonds. The first-order chi connectivity index (χ1) is 11.3. The third-order valence-electron chi connectivity index (χ3n) is 4.48. The summed E-state index contributed by atoms with van der Waals surface area (Å²) < 4.78 is 0. The standard InChI is InChI=1S/C20H30N2O/c1-2-3-5-9-18-10-12-19(13-11-18)20(23)21-14-8-17-22-15-6-4-7-16-22/h2,10-13H,1,3-9,14-17H2,(H,21,23). The smallest absolute Gasteiger partial charge is 0.251 e. The van der Waals surface area contributed by atoms with Gasteiger partial charge in [-0.3, -0.25) is 4.79 Å². The first kappa shape index (κ1) is 17.7. The third-order valence-corrected chi connectivity index (χ3v) is 4.48. The van der Waals surface area contributed by atoms with Crippen LogP contribution in [0.4, 0.5) is 0 Å². The maximum absolute atomic E-state index is 12.1. The Kier molecular flexibility index (Phi) is 7.88. The second kappa shape index (κ2) is 10.2. The maximum Gasteiger partial charge on any atom is 0.251 e. The van der Waals surface area contributed by atoms with Gasteiger partial charge in [0.2, 0.25) is 0 Å². The molecular formula is C20H30N2O. The van der Waals surface area contributed by atoms with Crippen LogP contribution in [0, 0.1) is 0 Å². The predicted molar refractivity (Wildman–Crippen MR) is 96.8 cm³/mol. The van der Waals surface area contributed by atoms with Crippen molar-refractivity contribution < 1.29 is 4.79 Å². The fraction of sp³-hybridized carbons (Fsp3) is 0.550. The van der Waals surface area contributed by atoms with Crippen molar-refractivity contribution in [3.63, 3.8) is 0 Å². The fourth-order valence-corrected chi connectivity index (χ4v) is 3.06. The Labute approximate surface area is 140 Å². The molecule has 1 saturated heterocycles. The van der Waals surface area contributed by atoms with Gasteiger partial charge in [-0.25, -0.2) is 0 Å². The summed E-state index contributed by atoms with van der Waals surface area (Å²) >= 11 is 0. The molecule has 0 atom stereocenters. The number of rotatable bonds is 9.